The van der Waals surface area contributed by atoms with Crippen LogP contribution in [0.2, 0.25) is 0 Å². The molecule has 3 aromatic carbocycles. The summed E-state index contributed by atoms with van der Waals surface area (Å²) >= 11 is 0. The molecular weight excluding hydrogens is 412 g/mol. The molecule has 0 aliphatic heterocycles. The Morgan fingerprint density at radius 3 is 2.50 bits per heavy atom. The first kappa shape index (κ1) is 19.9. The van der Waals surface area contributed by atoms with Crippen molar-refractivity contribution in [2.45, 2.75) is 11.4 Å². The Morgan fingerprint density at radius 1 is 0.933 bits per heavy atom. The lowest BCUT2D eigenvalue weighted by Crippen LogP contribution is -2.24. The minimum Gasteiger partial charge on any atom is -0.334 e. The van der Waals surface area contributed by atoms with Crippen LogP contribution in [0.3, 0.4) is 0 Å². The first-order valence-electron chi connectivity index (χ1n) is 8.86. The van der Waals surface area contributed by atoms with Gasteiger partial charge in [0.05, 0.1) is 10.5 Å². The lowest BCUT2D eigenvalue weighted by molar-refractivity contribution is 0.431. The first-order valence-corrected chi connectivity index (χ1v) is 10.3. The zero-order chi connectivity index (χ0) is 21.1. The van der Waals surface area contributed by atoms with Crippen LogP contribution in [0.15, 0.2) is 82.2 Å². The van der Waals surface area contributed by atoms with Crippen molar-refractivity contribution < 1.29 is 21.7 Å². The second kappa shape index (κ2) is 8.13. The average Bonchev–Trinajstić information content (AvgIpc) is 3.23. The van der Waals surface area contributed by atoms with E-state index in [0.717, 1.165) is 0 Å². The summed E-state index contributed by atoms with van der Waals surface area (Å²) in [4.78, 5) is 4.10. The quantitative estimate of drug-likeness (QED) is 0.499. The molecule has 0 saturated heterocycles. The standard InChI is InChI=1S/C21H15F2N3O3S/c22-16-8-5-7-14(12-16)20-25-21(29-26-20)17-9-2-4-11-19(17)30(27,28)24-13-15-6-1-3-10-18(15)23/h1-12,24H,13H2. The molecule has 0 radical (unpaired) electrons. The molecule has 4 rings (SSSR count). The number of hydrogen-bond acceptors (Lipinski definition) is 5. The maximum Gasteiger partial charge on any atom is 0.259 e. The van der Waals surface area contributed by atoms with E-state index in [2.05, 4.69) is 14.9 Å². The van der Waals surface area contributed by atoms with E-state index >= 15 is 0 Å². The summed E-state index contributed by atoms with van der Waals surface area (Å²) in [6.07, 6.45) is 0. The van der Waals surface area contributed by atoms with E-state index in [1.807, 2.05) is 0 Å². The molecule has 1 N–H and O–H groups in total. The molecule has 0 saturated carbocycles. The van der Waals surface area contributed by atoms with Gasteiger partial charge in [0, 0.05) is 17.7 Å². The van der Waals surface area contributed by atoms with Gasteiger partial charge in [0.1, 0.15) is 11.6 Å². The van der Waals surface area contributed by atoms with E-state index in [0.29, 0.717) is 5.56 Å². The van der Waals surface area contributed by atoms with E-state index in [9.17, 15) is 17.2 Å². The number of nitrogens with zero attached hydrogens (tertiary/aromatic N) is 2. The van der Waals surface area contributed by atoms with Crippen LogP contribution in [-0.4, -0.2) is 18.6 Å². The molecule has 0 atom stereocenters. The number of aromatic nitrogens is 2. The van der Waals surface area contributed by atoms with Gasteiger partial charge in [0.15, 0.2) is 0 Å². The molecule has 4 aromatic rings. The van der Waals surface area contributed by atoms with Crippen LogP contribution in [-0.2, 0) is 16.6 Å². The van der Waals surface area contributed by atoms with Crippen molar-refractivity contribution in [1.82, 2.24) is 14.9 Å². The molecule has 0 aliphatic carbocycles. The second-order valence-electron chi connectivity index (χ2n) is 6.35. The van der Waals surface area contributed by atoms with Gasteiger partial charge in [-0.15, -0.1) is 0 Å². The molecule has 0 amide bonds. The predicted molar refractivity (Wildman–Crippen MR) is 106 cm³/mol. The minimum absolute atomic E-state index is 0.0406. The van der Waals surface area contributed by atoms with Crippen LogP contribution < -0.4 is 4.72 Å². The largest absolute Gasteiger partial charge is 0.334 e. The van der Waals surface area contributed by atoms with E-state index in [4.69, 9.17) is 4.52 Å². The van der Waals surface area contributed by atoms with Crippen molar-refractivity contribution in [2.75, 3.05) is 0 Å². The Labute approximate surface area is 171 Å². The van der Waals surface area contributed by atoms with E-state index in [-0.39, 0.29) is 34.3 Å². The minimum atomic E-state index is -4.02. The average molecular weight is 427 g/mol. The molecule has 0 bridgehead atoms. The van der Waals surface area contributed by atoms with Crippen molar-refractivity contribution in [3.05, 3.63) is 90.0 Å². The molecule has 6 nitrogen and oxygen atoms in total. The van der Waals surface area contributed by atoms with Gasteiger partial charge >= 0.3 is 0 Å². The van der Waals surface area contributed by atoms with Crippen LogP contribution in [0.1, 0.15) is 5.56 Å². The van der Waals surface area contributed by atoms with E-state index in [1.165, 1.54) is 48.5 Å². The molecule has 9 heteroatoms. The van der Waals surface area contributed by atoms with Crippen LogP contribution in [0.5, 0.6) is 0 Å². The molecule has 30 heavy (non-hydrogen) atoms. The van der Waals surface area contributed by atoms with Crippen LogP contribution in [0.25, 0.3) is 22.8 Å². The molecule has 0 fully saturated rings. The highest BCUT2D eigenvalue weighted by Crippen LogP contribution is 2.28. The number of nitrogens with one attached hydrogen (secondary N) is 1. The maximum absolute atomic E-state index is 13.8. The number of sulfonamides is 1. The highest BCUT2D eigenvalue weighted by Gasteiger charge is 2.23. The topological polar surface area (TPSA) is 85.1 Å². The van der Waals surface area contributed by atoms with Gasteiger partial charge in [-0.3, -0.25) is 0 Å². The second-order valence-corrected chi connectivity index (χ2v) is 8.08. The normalized spacial score (nSPS) is 11.5. The monoisotopic (exact) mass is 427 g/mol. The number of benzene rings is 3. The third kappa shape index (κ3) is 4.12. The number of hydrogen-bond donors (Lipinski definition) is 1. The Morgan fingerprint density at radius 2 is 1.70 bits per heavy atom. The van der Waals surface area contributed by atoms with Gasteiger partial charge in [0.25, 0.3) is 5.89 Å². The summed E-state index contributed by atoms with van der Waals surface area (Å²) in [5.74, 6) is -0.888. The molecule has 0 unspecified atom stereocenters. The summed E-state index contributed by atoms with van der Waals surface area (Å²) in [5.41, 5.74) is 0.779. The maximum atomic E-state index is 13.8. The van der Waals surface area contributed by atoms with Gasteiger partial charge in [-0.1, -0.05) is 47.6 Å². The Kier molecular flexibility index (Phi) is 5.39. The third-order valence-electron chi connectivity index (χ3n) is 4.33. The molecule has 1 heterocycles. The number of halogens is 2. The number of rotatable bonds is 6. The fourth-order valence-electron chi connectivity index (χ4n) is 2.85. The van der Waals surface area contributed by atoms with Crippen LogP contribution >= 0.6 is 0 Å². The Balaban J connectivity index is 1.65. The van der Waals surface area contributed by atoms with Gasteiger partial charge in [0.2, 0.25) is 15.8 Å². The van der Waals surface area contributed by atoms with Crippen molar-refractivity contribution in [3.8, 4) is 22.8 Å². The predicted octanol–water partition coefficient (Wildman–Crippen LogP) is 4.16. The first-order chi connectivity index (χ1) is 14.4. The SMILES string of the molecule is O=S(=O)(NCc1ccccc1F)c1ccccc1-c1nc(-c2cccc(F)c2)no1. The lowest BCUT2D eigenvalue weighted by Gasteiger charge is -2.10. The third-order valence-corrected chi connectivity index (χ3v) is 5.79. The molecule has 1 aromatic heterocycles. The van der Waals surface area contributed by atoms with Crippen LogP contribution in [0, 0.1) is 11.6 Å². The zero-order valence-corrected chi connectivity index (χ0v) is 16.2. The van der Waals surface area contributed by atoms with Gasteiger partial charge in [-0.25, -0.2) is 21.9 Å². The van der Waals surface area contributed by atoms with Gasteiger partial charge < -0.3 is 4.52 Å². The summed E-state index contributed by atoms with van der Waals surface area (Å²) in [6.45, 7) is -0.221. The molecule has 152 valence electrons. The van der Waals surface area contributed by atoms with Crippen molar-refractivity contribution in [1.29, 1.82) is 0 Å². The zero-order valence-electron chi connectivity index (χ0n) is 15.4. The molecule has 0 aliphatic rings. The Bertz CT molecular complexity index is 1310. The smallest absolute Gasteiger partial charge is 0.259 e. The van der Waals surface area contributed by atoms with Crippen molar-refractivity contribution in [3.63, 3.8) is 0 Å². The van der Waals surface area contributed by atoms with Crippen molar-refractivity contribution in [2.24, 2.45) is 0 Å². The van der Waals surface area contributed by atoms with Crippen LogP contribution in [0.4, 0.5) is 8.78 Å². The highest BCUT2D eigenvalue weighted by atomic mass is 32.2. The summed E-state index contributed by atoms with van der Waals surface area (Å²) < 4.78 is 60.6. The van der Waals surface area contributed by atoms with Crippen molar-refractivity contribution >= 4 is 10.0 Å². The van der Waals surface area contributed by atoms with Gasteiger partial charge in [-0.2, -0.15) is 4.98 Å². The summed E-state index contributed by atoms with van der Waals surface area (Å²) in [7, 11) is -4.02. The fourth-order valence-corrected chi connectivity index (χ4v) is 4.05. The highest BCUT2D eigenvalue weighted by molar-refractivity contribution is 7.89. The fraction of sp³-hybridized carbons (Fsp3) is 0.0476. The summed E-state index contributed by atoms with van der Waals surface area (Å²) in [5, 5.41) is 3.81. The molecule has 0 spiro atoms. The lowest BCUT2D eigenvalue weighted by atomic mass is 10.2. The van der Waals surface area contributed by atoms with Gasteiger partial charge in [-0.05, 0) is 30.3 Å². The van der Waals surface area contributed by atoms with E-state index in [1.54, 1.807) is 24.3 Å². The molecular formula is C21H15F2N3O3S. The Hall–Kier alpha value is -3.43. The summed E-state index contributed by atoms with van der Waals surface area (Å²) in [6, 6.07) is 17.6. The van der Waals surface area contributed by atoms with E-state index < -0.39 is 21.7 Å².